The van der Waals surface area contributed by atoms with Crippen molar-refractivity contribution in [3.8, 4) is 6.07 Å². The Morgan fingerprint density at radius 1 is 1.17 bits per heavy atom. The highest BCUT2D eigenvalue weighted by Crippen LogP contribution is 2.23. The van der Waals surface area contributed by atoms with Gasteiger partial charge in [-0.25, -0.2) is 13.2 Å². The van der Waals surface area contributed by atoms with Crippen LogP contribution in [-0.2, 0) is 14.8 Å². The third kappa shape index (κ3) is 3.33. The van der Waals surface area contributed by atoms with Crippen LogP contribution >= 0.6 is 0 Å². The number of hydrogen-bond acceptors (Lipinski definition) is 5. The molecule has 0 N–H and O–H groups in total. The van der Waals surface area contributed by atoms with Crippen LogP contribution in [0.1, 0.15) is 15.9 Å². The maximum atomic E-state index is 12.6. The monoisotopic (exact) mass is 330 g/mol. The molecule has 0 bridgehead atoms. The van der Waals surface area contributed by atoms with Crippen LogP contribution in [0.15, 0.2) is 53.4 Å². The zero-order valence-corrected chi connectivity index (χ0v) is 13.4. The van der Waals surface area contributed by atoms with Crippen molar-refractivity contribution < 1.29 is 17.9 Å². The molecular weight excluding hydrogens is 316 g/mol. The summed E-state index contributed by atoms with van der Waals surface area (Å²) in [6.45, 7) is 0. The van der Waals surface area contributed by atoms with E-state index in [4.69, 9.17) is 5.26 Å². The Balaban J connectivity index is 2.36. The summed E-state index contributed by atoms with van der Waals surface area (Å²) in [7, 11) is -1.12. The fourth-order valence-electron chi connectivity index (χ4n) is 1.95. The molecule has 0 spiro atoms. The van der Waals surface area contributed by atoms with Crippen molar-refractivity contribution in [2.45, 2.75) is 4.90 Å². The average Bonchev–Trinajstić information content (AvgIpc) is 2.60. The summed E-state index contributed by atoms with van der Waals surface area (Å²) in [4.78, 5) is 11.4. The number of carbonyl (C=O) groups is 1. The molecule has 0 saturated heterocycles. The third-order valence-corrected chi connectivity index (χ3v) is 5.06. The zero-order valence-electron chi connectivity index (χ0n) is 12.6. The van der Waals surface area contributed by atoms with E-state index in [2.05, 4.69) is 4.74 Å². The number of sulfonamides is 1. The van der Waals surface area contributed by atoms with Crippen LogP contribution in [0.2, 0.25) is 0 Å². The average molecular weight is 330 g/mol. The van der Waals surface area contributed by atoms with Crippen molar-refractivity contribution in [3.05, 3.63) is 59.7 Å². The number of rotatable bonds is 4. The predicted octanol–water partition coefficient (Wildman–Crippen LogP) is 2.17. The number of methoxy groups -OCH3 is 1. The SMILES string of the molecule is COC(=O)c1ccc(N(C)S(=O)(=O)c2cccc(C#N)c2)cc1. The van der Waals surface area contributed by atoms with Gasteiger partial charge in [0.15, 0.2) is 0 Å². The molecule has 0 aliphatic rings. The summed E-state index contributed by atoms with van der Waals surface area (Å²) < 4.78 is 30.9. The minimum atomic E-state index is -3.80. The van der Waals surface area contributed by atoms with Gasteiger partial charge in [-0.15, -0.1) is 0 Å². The minimum absolute atomic E-state index is 0.0242. The van der Waals surface area contributed by atoms with Crippen LogP contribution in [0.25, 0.3) is 0 Å². The molecule has 0 heterocycles. The van der Waals surface area contributed by atoms with Crippen LogP contribution in [0.3, 0.4) is 0 Å². The number of nitriles is 1. The Bertz CT molecular complexity index is 868. The summed E-state index contributed by atoms with van der Waals surface area (Å²) in [6, 6.07) is 13.7. The number of anilines is 1. The van der Waals surface area contributed by atoms with Crippen LogP contribution < -0.4 is 4.31 Å². The standard InChI is InChI=1S/C16H14N2O4S/c1-18(14-8-6-13(7-9-14)16(19)22-2)23(20,21)15-5-3-4-12(10-15)11-17/h3-10H,1-2H3. The van der Waals surface area contributed by atoms with E-state index in [0.29, 0.717) is 11.3 Å². The summed E-state index contributed by atoms with van der Waals surface area (Å²) >= 11 is 0. The fourth-order valence-corrected chi connectivity index (χ4v) is 3.19. The Labute approximate surface area is 134 Å². The second kappa shape index (κ2) is 6.50. The largest absolute Gasteiger partial charge is 0.465 e. The first-order valence-corrected chi connectivity index (χ1v) is 8.01. The van der Waals surface area contributed by atoms with Gasteiger partial charge in [-0.2, -0.15) is 5.26 Å². The molecule has 7 heteroatoms. The van der Waals surface area contributed by atoms with E-state index < -0.39 is 16.0 Å². The van der Waals surface area contributed by atoms with Gasteiger partial charge >= 0.3 is 5.97 Å². The van der Waals surface area contributed by atoms with Gasteiger partial charge in [0, 0.05) is 7.05 Å². The van der Waals surface area contributed by atoms with E-state index in [1.165, 1.54) is 62.7 Å². The highest BCUT2D eigenvalue weighted by atomic mass is 32.2. The second-order valence-electron chi connectivity index (χ2n) is 4.65. The molecule has 0 radical (unpaired) electrons. The normalized spacial score (nSPS) is 10.7. The van der Waals surface area contributed by atoms with Crippen molar-refractivity contribution in [1.82, 2.24) is 0 Å². The lowest BCUT2D eigenvalue weighted by atomic mass is 10.2. The summed E-state index contributed by atoms with van der Waals surface area (Å²) in [5.74, 6) is -0.496. The summed E-state index contributed by atoms with van der Waals surface area (Å²) in [5, 5.41) is 8.89. The van der Waals surface area contributed by atoms with E-state index in [0.717, 1.165) is 4.31 Å². The first kappa shape index (κ1) is 16.5. The van der Waals surface area contributed by atoms with E-state index in [9.17, 15) is 13.2 Å². The third-order valence-electron chi connectivity index (χ3n) is 3.27. The van der Waals surface area contributed by atoms with Crippen molar-refractivity contribution in [2.24, 2.45) is 0 Å². The Morgan fingerprint density at radius 3 is 2.39 bits per heavy atom. The molecule has 0 fully saturated rings. The lowest BCUT2D eigenvalue weighted by Crippen LogP contribution is -2.26. The topological polar surface area (TPSA) is 87.5 Å². The molecule has 23 heavy (non-hydrogen) atoms. The molecule has 0 amide bonds. The highest BCUT2D eigenvalue weighted by molar-refractivity contribution is 7.92. The lowest BCUT2D eigenvalue weighted by molar-refractivity contribution is 0.0601. The molecule has 2 aromatic carbocycles. The summed E-state index contributed by atoms with van der Waals surface area (Å²) in [6.07, 6.45) is 0. The molecule has 0 saturated carbocycles. The molecular formula is C16H14N2O4S. The number of ether oxygens (including phenoxy) is 1. The fraction of sp³-hybridized carbons (Fsp3) is 0.125. The van der Waals surface area contributed by atoms with Crippen molar-refractivity contribution in [1.29, 1.82) is 5.26 Å². The maximum absolute atomic E-state index is 12.6. The first-order valence-electron chi connectivity index (χ1n) is 6.57. The molecule has 2 aromatic rings. The van der Waals surface area contributed by atoms with E-state index in [1.807, 2.05) is 6.07 Å². The van der Waals surface area contributed by atoms with Crippen molar-refractivity contribution in [2.75, 3.05) is 18.5 Å². The van der Waals surface area contributed by atoms with Crippen molar-refractivity contribution >= 4 is 21.7 Å². The summed E-state index contributed by atoms with van der Waals surface area (Å²) in [5.41, 5.74) is 0.981. The van der Waals surface area contributed by atoms with Gasteiger partial charge in [0.2, 0.25) is 0 Å². The van der Waals surface area contributed by atoms with Gasteiger partial charge in [0.1, 0.15) is 0 Å². The maximum Gasteiger partial charge on any atom is 0.337 e. The quantitative estimate of drug-likeness (QED) is 0.802. The van der Waals surface area contributed by atoms with Gasteiger partial charge in [0.05, 0.1) is 34.9 Å². The molecule has 0 aliphatic carbocycles. The van der Waals surface area contributed by atoms with Crippen LogP contribution in [0.4, 0.5) is 5.69 Å². The van der Waals surface area contributed by atoms with Gasteiger partial charge in [0.25, 0.3) is 10.0 Å². The van der Waals surface area contributed by atoms with Gasteiger partial charge in [-0.05, 0) is 42.5 Å². The Kier molecular flexibility index (Phi) is 4.67. The van der Waals surface area contributed by atoms with Crippen molar-refractivity contribution in [3.63, 3.8) is 0 Å². The zero-order chi connectivity index (χ0) is 17.0. The van der Waals surface area contributed by atoms with E-state index in [1.54, 1.807) is 0 Å². The smallest absolute Gasteiger partial charge is 0.337 e. The number of benzene rings is 2. The number of nitrogens with zero attached hydrogens (tertiary/aromatic N) is 2. The highest BCUT2D eigenvalue weighted by Gasteiger charge is 2.21. The molecule has 118 valence electrons. The molecule has 0 aliphatic heterocycles. The number of esters is 1. The Hall–Kier alpha value is -2.85. The first-order chi connectivity index (χ1) is 10.9. The van der Waals surface area contributed by atoms with Crippen LogP contribution in [0.5, 0.6) is 0 Å². The van der Waals surface area contributed by atoms with Gasteiger partial charge < -0.3 is 4.74 Å². The van der Waals surface area contributed by atoms with E-state index in [-0.39, 0.29) is 10.5 Å². The number of hydrogen-bond donors (Lipinski definition) is 0. The lowest BCUT2D eigenvalue weighted by Gasteiger charge is -2.19. The van der Waals surface area contributed by atoms with Crippen LogP contribution in [-0.4, -0.2) is 28.5 Å². The van der Waals surface area contributed by atoms with E-state index >= 15 is 0 Å². The molecule has 2 rings (SSSR count). The van der Waals surface area contributed by atoms with Gasteiger partial charge in [-0.1, -0.05) is 6.07 Å². The Morgan fingerprint density at radius 2 is 1.83 bits per heavy atom. The molecule has 0 unspecified atom stereocenters. The van der Waals surface area contributed by atoms with Gasteiger partial charge in [-0.3, -0.25) is 4.31 Å². The molecule has 0 atom stereocenters. The van der Waals surface area contributed by atoms with Crippen LogP contribution in [0, 0.1) is 11.3 Å². The molecule has 6 nitrogen and oxygen atoms in total. The minimum Gasteiger partial charge on any atom is -0.465 e. The molecule has 0 aromatic heterocycles. The second-order valence-corrected chi connectivity index (χ2v) is 6.62. The number of carbonyl (C=O) groups excluding carboxylic acids is 1. The predicted molar refractivity (Wildman–Crippen MR) is 84.5 cm³/mol.